The number of anilines is 1. The third-order valence-corrected chi connectivity index (χ3v) is 5.05. The first-order valence-corrected chi connectivity index (χ1v) is 9.93. The van der Waals surface area contributed by atoms with Crippen molar-refractivity contribution in [1.82, 2.24) is 4.72 Å². The standard InChI is InChI=1S/C19H20N2O6S/c1-2-18(23)21-15-10-8-14(9-11-15)17(22)13-27-19(24)12-20-28(25,26)16-6-4-3-5-7-16/h3-11,20H,2,12-13H2,1H3,(H,21,23). The average molecular weight is 404 g/mol. The maximum atomic E-state index is 12.1. The molecule has 2 rings (SSSR count). The van der Waals surface area contributed by atoms with E-state index in [2.05, 4.69) is 10.0 Å². The number of ketones is 1. The molecule has 0 aliphatic carbocycles. The van der Waals surface area contributed by atoms with Gasteiger partial charge in [0.2, 0.25) is 15.9 Å². The SMILES string of the molecule is CCC(=O)Nc1ccc(C(=O)COC(=O)CNS(=O)(=O)c2ccccc2)cc1. The molecule has 2 aromatic rings. The molecule has 9 heteroatoms. The second kappa shape index (κ2) is 9.77. The summed E-state index contributed by atoms with van der Waals surface area (Å²) in [6, 6.07) is 13.7. The zero-order valence-electron chi connectivity index (χ0n) is 15.2. The fraction of sp³-hybridized carbons (Fsp3) is 0.211. The fourth-order valence-corrected chi connectivity index (χ4v) is 3.10. The van der Waals surface area contributed by atoms with E-state index < -0.39 is 34.9 Å². The van der Waals surface area contributed by atoms with Gasteiger partial charge in [0.25, 0.3) is 0 Å². The van der Waals surface area contributed by atoms with Crippen LogP contribution in [-0.4, -0.2) is 39.2 Å². The predicted octanol–water partition coefficient (Wildman–Crippen LogP) is 1.74. The summed E-state index contributed by atoms with van der Waals surface area (Å²) in [4.78, 5) is 35.1. The summed E-state index contributed by atoms with van der Waals surface area (Å²) in [5.41, 5.74) is 0.850. The van der Waals surface area contributed by atoms with Crippen LogP contribution in [0.5, 0.6) is 0 Å². The smallest absolute Gasteiger partial charge is 0.321 e. The molecule has 2 aromatic carbocycles. The number of rotatable bonds is 9. The molecule has 0 spiro atoms. The van der Waals surface area contributed by atoms with Crippen molar-refractivity contribution in [2.45, 2.75) is 18.2 Å². The van der Waals surface area contributed by atoms with Gasteiger partial charge in [-0.15, -0.1) is 0 Å². The minimum atomic E-state index is -3.83. The Labute approximate surface area is 163 Å². The summed E-state index contributed by atoms with van der Waals surface area (Å²) < 4.78 is 31.0. The van der Waals surface area contributed by atoms with Crippen molar-refractivity contribution >= 4 is 33.4 Å². The number of carbonyl (C=O) groups is 3. The average Bonchev–Trinajstić information content (AvgIpc) is 2.71. The Morgan fingerprint density at radius 3 is 2.21 bits per heavy atom. The topological polar surface area (TPSA) is 119 Å². The molecule has 8 nitrogen and oxygen atoms in total. The fourth-order valence-electron chi connectivity index (χ4n) is 2.11. The predicted molar refractivity (Wildman–Crippen MR) is 102 cm³/mol. The zero-order chi connectivity index (χ0) is 20.6. The summed E-state index contributed by atoms with van der Waals surface area (Å²) in [6.45, 7) is 0.612. The van der Waals surface area contributed by atoms with E-state index >= 15 is 0 Å². The number of sulfonamides is 1. The molecule has 0 bridgehead atoms. The van der Waals surface area contributed by atoms with Gasteiger partial charge in [-0.3, -0.25) is 14.4 Å². The van der Waals surface area contributed by atoms with Gasteiger partial charge in [-0.05, 0) is 36.4 Å². The molecular formula is C19H20N2O6S. The molecule has 0 fully saturated rings. The van der Waals surface area contributed by atoms with Crippen LogP contribution in [0.25, 0.3) is 0 Å². The maximum Gasteiger partial charge on any atom is 0.321 e. The number of benzene rings is 2. The van der Waals surface area contributed by atoms with Crippen LogP contribution in [-0.2, 0) is 24.3 Å². The van der Waals surface area contributed by atoms with Gasteiger partial charge in [0.05, 0.1) is 4.90 Å². The molecular weight excluding hydrogens is 384 g/mol. The van der Waals surface area contributed by atoms with Gasteiger partial charge in [-0.2, -0.15) is 4.72 Å². The molecule has 0 saturated heterocycles. The van der Waals surface area contributed by atoms with Crippen LogP contribution < -0.4 is 10.0 Å². The molecule has 0 aromatic heterocycles. The highest BCUT2D eigenvalue weighted by Gasteiger charge is 2.16. The van der Waals surface area contributed by atoms with E-state index in [9.17, 15) is 22.8 Å². The Balaban J connectivity index is 1.82. The van der Waals surface area contributed by atoms with Gasteiger partial charge in [0, 0.05) is 17.7 Å². The monoisotopic (exact) mass is 404 g/mol. The number of nitrogens with one attached hydrogen (secondary N) is 2. The van der Waals surface area contributed by atoms with Crippen molar-refractivity contribution in [2.24, 2.45) is 0 Å². The minimum absolute atomic E-state index is 0.0223. The highest BCUT2D eigenvalue weighted by molar-refractivity contribution is 7.89. The second-order valence-electron chi connectivity index (χ2n) is 5.70. The molecule has 0 saturated carbocycles. The minimum Gasteiger partial charge on any atom is -0.456 e. The zero-order valence-corrected chi connectivity index (χ0v) is 16.0. The second-order valence-corrected chi connectivity index (χ2v) is 7.47. The van der Waals surface area contributed by atoms with Gasteiger partial charge in [0.1, 0.15) is 6.54 Å². The van der Waals surface area contributed by atoms with E-state index in [4.69, 9.17) is 4.74 Å². The molecule has 0 aliphatic heterocycles. The number of amides is 1. The molecule has 0 atom stereocenters. The number of hydrogen-bond acceptors (Lipinski definition) is 6. The van der Waals surface area contributed by atoms with Crippen molar-refractivity contribution in [2.75, 3.05) is 18.5 Å². The third kappa shape index (κ3) is 6.29. The number of esters is 1. The first-order valence-electron chi connectivity index (χ1n) is 8.45. The van der Waals surface area contributed by atoms with Crippen molar-refractivity contribution in [3.05, 3.63) is 60.2 Å². The Kier molecular flexibility index (Phi) is 7.42. The molecule has 0 unspecified atom stereocenters. The lowest BCUT2D eigenvalue weighted by atomic mass is 10.1. The molecule has 0 radical (unpaired) electrons. The van der Waals surface area contributed by atoms with Gasteiger partial charge < -0.3 is 10.1 Å². The lowest BCUT2D eigenvalue weighted by molar-refractivity contribution is -0.141. The number of carbonyl (C=O) groups excluding carboxylic acids is 3. The highest BCUT2D eigenvalue weighted by Crippen LogP contribution is 2.11. The summed E-state index contributed by atoms with van der Waals surface area (Å²) in [5.74, 6) is -1.47. The maximum absolute atomic E-state index is 12.1. The lowest BCUT2D eigenvalue weighted by Crippen LogP contribution is -2.31. The van der Waals surface area contributed by atoms with E-state index in [-0.39, 0.29) is 10.8 Å². The first-order chi connectivity index (χ1) is 13.3. The molecule has 1 amide bonds. The summed E-state index contributed by atoms with van der Waals surface area (Å²) in [6.07, 6.45) is 0.338. The van der Waals surface area contributed by atoms with Gasteiger partial charge in [-0.1, -0.05) is 25.1 Å². The van der Waals surface area contributed by atoms with Crippen LogP contribution in [0.4, 0.5) is 5.69 Å². The molecule has 28 heavy (non-hydrogen) atoms. The summed E-state index contributed by atoms with van der Waals surface area (Å²) in [5, 5.41) is 2.65. The van der Waals surface area contributed by atoms with Crippen LogP contribution in [0.15, 0.2) is 59.5 Å². The van der Waals surface area contributed by atoms with Crippen LogP contribution in [0, 0.1) is 0 Å². The Morgan fingerprint density at radius 1 is 0.964 bits per heavy atom. The summed E-state index contributed by atoms with van der Waals surface area (Å²) >= 11 is 0. The largest absolute Gasteiger partial charge is 0.456 e. The van der Waals surface area contributed by atoms with Crippen LogP contribution in [0.2, 0.25) is 0 Å². The normalized spacial score (nSPS) is 10.9. The van der Waals surface area contributed by atoms with Crippen LogP contribution in [0.3, 0.4) is 0 Å². The Morgan fingerprint density at radius 2 is 1.61 bits per heavy atom. The number of hydrogen-bond donors (Lipinski definition) is 2. The lowest BCUT2D eigenvalue weighted by Gasteiger charge is -2.08. The van der Waals surface area contributed by atoms with Crippen LogP contribution in [0.1, 0.15) is 23.7 Å². The molecule has 2 N–H and O–H groups in total. The van der Waals surface area contributed by atoms with Crippen molar-refractivity contribution in [3.63, 3.8) is 0 Å². The van der Waals surface area contributed by atoms with Crippen LogP contribution >= 0.6 is 0 Å². The van der Waals surface area contributed by atoms with E-state index in [1.54, 1.807) is 37.3 Å². The quantitative estimate of drug-likeness (QED) is 0.485. The van der Waals surface area contributed by atoms with Gasteiger partial charge in [-0.25, -0.2) is 8.42 Å². The molecule has 0 heterocycles. The van der Waals surface area contributed by atoms with E-state index in [1.807, 2.05) is 0 Å². The number of ether oxygens (including phenoxy) is 1. The van der Waals surface area contributed by atoms with E-state index in [1.165, 1.54) is 24.3 Å². The molecule has 148 valence electrons. The first kappa shape index (κ1) is 21.3. The summed E-state index contributed by atoms with van der Waals surface area (Å²) in [7, 11) is -3.83. The number of Topliss-reactive ketones (excluding diaryl/α,β-unsaturated/α-hetero) is 1. The Hall–Kier alpha value is -3.04. The van der Waals surface area contributed by atoms with Crippen molar-refractivity contribution in [3.8, 4) is 0 Å². The van der Waals surface area contributed by atoms with E-state index in [0.29, 0.717) is 17.7 Å². The highest BCUT2D eigenvalue weighted by atomic mass is 32.2. The van der Waals surface area contributed by atoms with Crippen molar-refractivity contribution in [1.29, 1.82) is 0 Å². The third-order valence-electron chi connectivity index (χ3n) is 3.64. The van der Waals surface area contributed by atoms with Crippen molar-refractivity contribution < 1.29 is 27.5 Å². The van der Waals surface area contributed by atoms with Gasteiger partial charge in [0.15, 0.2) is 12.4 Å². The van der Waals surface area contributed by atoms with Gasteiger partial charge >= 0.3 is 5.97 Å². The van der Waals surface area contributed by atoms with E-state index in [0.717, 1.165) is 0 Å². The molecule has 0 aliphatic rings. The Bertz CT molecular complexity index is 940.